The maximum atomic E-state index is 11.9. The first-order valence-electron chi connectivity index (χ1n) is 4.48. The first-order chi connectivity index (χ1) is 7.86. The molecule has 0 unspecified atom stereocenters. The van der Waals surface area contributed by atoms with Gasteiger partial charge in [-0.25, -0.2) is 0 Å². The fourth-order valence-corrected chi connectivity index (χ4v) is 3.57. The van der Waals surface area contributed by atoms with Crippen LogP contribution in [0.3, 0.4) is 0 Å². The Morgan fingerprint density at radius 1 is 1.35 bits per heavy atom. The summed E-state index contributed by atoms with van der Waals surface area (Å²) in [5, 5.41) is 0.381. The minimum absolute atomic E-state index is 0.0316. The van der Waals surface area contributed by atoms with Gasteiger partial charge in [0.15, 0.2) is 0 Å². The summed E-state index contributed by atoms with van der Waals surface area (Å²) in [5.41, 5.74) is 0.342. The lowest BCUT2D eigenvalue weighted by atomic mass is 10.3. The van der Waals surface area contributed by atoms with Crippen molar-refractivity contribution in [3.63, 3.8) is 0 Å². The molecule has 0 radical (unpaired) electrons. The van der Waals surface area contributed by atoms with E-state index in [9.17, 15) is 8.42 Å². The quantitative estimate of drug-likeness (QED) is 0.735. The van der Waals surface area contributed by atoms with E-state index in [1.165, 1.54) is 24.1 Å². The number of amidine groups is 1. The molecular weight excluding hydrogens is 287 g/mol. The van der Waals surface area contributed by atoms with E-state index < -0.39 is 10.0 Å². The Morgan fingerprint density at radius 2 is 2.00 bits per heavy atom. The van der Waals surface area contributed by atoms with E-state index in [0.717, 1.165) is 0 Å². The average Bonchev–Trinajstić information content (AvgIpc) is 2.21. The van der Waals surface area contributed by atoms with Crippen molar-refractivity contribution in [1.29, 1.82) is 0 Å². The number of rotatable bonds is 0. The third-order valence-electron chi connectivity index (χ3n) is 2.28. The predicted molar refractivity (Wildman–Crippen MR) is 66.5 cm³/mol. The molecule has 1 aliphatic rings. The highest BCUT2D eigenvalue weighted by Gasteiger charge is 2.32. The first kappa shape index (κ1) is 12.5. The Hall–Kier alpha value is -0.980. The van der Waals surface area contributed by atoms with E-state index >= 15 is 0 Å². The highest BCUT2D eigenvalue weighted by Crippen LogP contribution is 2.38. The number of sulfonamides is 1. The number of halogens is 2. The second-order valence-corrected chi connectivity index (χ2v) is 5.73. The summed E-state index contributed by atoms with van der Waals surface area (Å²) in [5.74, 6) is 0. The number of hydrogen-bond donors (Lipinski definition) is 0. The molecule has 2 rings (SSSR count). The van der Waals surface area contributed by atoms with Crippen LogP contribution in [0.5, 0.6) is 0 Å². The van der Waals surface area contributed by atoms with E-state index in [1.807, 2.05) is 0 Å². The minimum atomic E-state index is -3.85. The van der Waals surface area contributed by atoms with Crippen LogP contribution >= 0.6 is 23.2 Å². The molecule has 17 heavy (non-hydrogen) atoms. The summed E-state index contributed by atoms with van der Waals surface area (Å²) >= 11 is 11.7. The van der Waals surface area contributed by atoms with Gasteiger partial charge in [-0.15, -0.1) is 4.40 Å². The maximum Gasteiger partial charge on any atom is 0.307 e. The SMILES string of the molecule is COC1=NS(=O)(=O)c2c(Cl)cc(Cl)cc2N1C. The second-order valence-electron chi connectivity index (χ2n) is 3.35. The zero-order valence-corrected chi connectivity index (χ0v) is 11.3. The lowest BCUT2D eigenvalue weighted by Gasteiger charge is -2.26. The second kappa shape index (κ2) is 4.04. The van der Waals surface area contributed by atoms with Gasteiger partial charge in [0.1, 0.15) is 4.90 Å². The van der Waals surface area contributed by atoms with E-state index in [2.05, 4.69) is 4.40 Å². The summed E-state index contributed by atoms with van der Waals surface area (Å²) < 4.78 is 32.2. The van der Waals surface area contributed by atoms with Crippen molar-refractivity contribution < 1.29 is 13.2 Å². The third-order valence-corrected chi connectivity index (χ3v) is 4.25. The van der Waals surface area contributed by atoms with Crippen molar-refractivity contribution in [2.24, 2.45) is 4.40 Å². The molecular formula is C9H8Cl2N2O3S. The number of methoxy groups -OCH3 is 1. The Balaban J connectivity index is 2.80. The van der Waals surface area contributed by atoms with Gasteiger partial charge >= 0.3 is 6.02 Å². The molecule has 0 fully saturated rings. The zero-order chi connectivity index (χ0) is 12.8. The van der Waals surface area contributed by atoms with E-state index in [0.29, 0.717) is 10.7 Å². The van der Waals surface area contributed by atoms with Gasteiger partial charge in [0.25, 0.3) is 10.0 Å². The molecule has 0 atom stereocenters. The molecule has 0 amide bonds. The first-order valence-corrected chi connectivity index (χ1v) is 6.68. The molecule has 0 aromatic heterocycles. The monoisotopic (exact) mass is 294 g/mol. The van der Waals surface area contributed by atoms with Gasteiger partial charge < -0.3 is 4.74 Å². The largest absolute Gasteiger partial charge is 0.467 e. The van der Waals surface area contributed by atoms with Crippen molar-refractivity contribution in [3.8, 4) is 0 Å². The van der Waals surface area contributed by atoms with Crippen LogP contribution in [-0.2, 0) is 14.8 Å². The lowest BCUT2D eigenvalue weighted by molar-refractivity contribution is 0.393. The van der Waals surface area contributed by atoms with Crippen LogP contribution in [0.25, 0.3) is 0 Å². The number of anilines is 1. The van der Waals surface area contributed by atoms with Crippen LogP contribution in [-0.4, -0.2) is 28.6 Å². The van der Waals surface area contributed by atoms with Gasteiger partial charge in [0, 0.05) is 12.1 Å². The topological polar surface area (TPSA) is 59.0 Å². The van der Waals surface area contributed by atoms with Crippen LogP contribution in [0.2, 0.25) is 10.0 Å². The predicted octanol–water partition coefficient (Wildman–Crippen LogP) is 2.13. The summed E-state index contributed by atoms with van der Waals surface area (Å²) in [7, 11) is -0.904. The molecule has 1 aliphatic heterocycles. The Bertz CT molecular complexity index is 613. The van der Waals surface area contributed by atoms with Crippen molar-refractivity contribution in [2.45, 2.75) is 4.90 Å². The number of nitrogens with zero attached hydrogens (tertiary/aromatic N) is 2. The van der Waals surface area contributed by atoms with Gasteiger partial charge in [-0.1, -0.05) is 23.2 Å². The van der Waals surface area contributed by atoms with Crippen LogP contribution in [0.4, 0.5) is 5.69 Å². The van der Waals surface area contributed by atoms with Crippen LogP contribution in [0.1, 0.15) is 0 Å². The molecule has 0 saturated heterocycles. The Labute approximate surface area is 109 Å². The summed E-state index contributed by atoms with van der Waals surface area (Å²) in [6.07, 6.45) is 0. The van der Waals surface area contributed by atoms with Gasteiger partial charge in [0.05, 0.1) is 17.8 Å². The number of benzene rings is 1. The van der Waals surface area contributed by atoms with Crippen molar-refractivity contribution >= 4 is 44.9 Å². The molecule has 0 aliphatic carbocycles. The molecule has 0 spiro atoms. The molecule has 0 N–H and O–H groups in total. The molecule has 0 saturated carbocycles. The van der Waals surface area contributed by atoms with Gasteiger partial charge in [-0.05, 0) is 12.1 Å². The number of hydrogen-bond acceptors (Lipinski definition) is 4. The van der Waals surface area contributed by atoms with Crippen molar-refractivity contribution in [1.82, 2.24) is 0 Å². The Kier molecular flexibility index (Phi) is 2.97. The van der Waals surface area contributed by atoms with Crippen LogP contribution in [0, 0.1) is 0 Å². The number of fused-ring (bicyclic) bond motifs is 1. The average molecular weight is 295 g/mol. The highest BCUT2D eigenvalue weighted by molar-refractivity contribution is 7.90. The number of ether oxygens (including phenoxy) is 1. The van der Waals surface area contributed by atoms with Gasteiger partial charge in [-0.2, -0.15) is 8.42 Å². The van der Waals surface area contributed by atoms with Gasteiger partial charge in [-0.3, -0.25) is 4.90 Å². The molecule has 1 heterocycles. The summed E-state index contributed by atoms with van der Waals surface area (Å²) in [6, 6.07) is 2.82. The standard InChI is InChI=1S/C9H8Cl2N2O3S/c1-13-7-4-5(10)3-6(11)8(7)17(14,15)12-9(13)16-2/h3-4H,1-2H3. The fraction of sp³-hybridized carbons (Fsp3) is 0.222. The van der Waals surface area contributed by atoms with Crippen LogP contribution in [0.15, 0.2) is 21.4 Å². The molecule has 92 valence electrons. The molecule has 0 bridgehead atoms. The Morgan fingerprint density at radius 3 is 2.59 bits per heavy atom. The van der Waals surface area contributed by atoms with E-state index in [-0.39, 0.29) is 15.9 Å². The van der Waals surface area contributed by atoms with Crippen molar-refractivity contribution in [3.05, 3.63) is 22.2 Å². The summed E-state index contributed by atoms with van der Waals surface area (Å²) in [4.78, 5) is 1.40. The normalized spacial score (nSPS) is 17.4. The third kappa shape index (κ3) is 1.96. The van der Waals surface area contributed by atoms with E-state index in [1.54, 1.807) is 7.05 Å². The molecule has 1 aromatic carbocycles. The summed E-state index contributed by atoms with van der Waals surface area (Å²) in [6.45, 7) is 0. The van der Waals surface area contributed by atoms with Crippen LogP contribution < -0.4 is 4.90 Å². The van der Waals surface area contributed by atoms with E-state index in [4.69, 9.17) is 27.9 Å². The van der Waals surface area contributed by atoms with Crippen molar-refractivity contribution in [2.75, 3.05) is 19.1 Å². The molecule has 1 aromatic rings. The molecule has 5 nitrogen and oxygen atoms in total. The van der Waals surface area contributed by atoms with Gasteiger partial charge in [0.2, 0.25) is 0 Å². The molecule has 8 heteroatoms. The fourth-order valence-electron chi connectivity index (χ4n) is 1.54. The zero-order valence-electron chi connectivity index (χ0n) is 8.94. The smallest absolute Gasteiger partial charge is 0.307 e. The maximum absolute atomic E-state index is 11.9. The minimum Gasteiger partial charge on any atom is -0.467 e. The lowest BCUT2D eigenvalue weighted by Crippen LogP contribution is -2.33. The highest BCUT2D eigenvalue weighted by atomic mass is 35.5.